The summed E-state index contributed by atoms with van der Waals surface area (Å²) in [4.78, 5) is 19.3. The Bertz CT molecular complexity index is 477. The van der Waals surface area contributed by atoms with Crippen molar-refractivity contribution in [2.45, 2.75) is 51.4 Å². The van der Waals surface area contributed by atoms with Gasteiger partial charge in [-0.25, -0.2) is 4.98 Å². The van der Waals surface area contributed by atoms with Crippen LogP contribution in [0.2, 0.25) is 0 Å². The Balaban J connectivity index is 1.95. The highest BCUT2D eigenvalue weighted by Crippen LogP contribution is 2.51. The van der Waals surface area contributed by atoms with Crippen molar-refractivity contribution < 1.29 is 0 Å². The van der Waals surface area contributed by atoms with Crippen molar-refractivity contribution in [1.82, 2.24) is 9.97 Å². The van der Waals surface area contributed by atoms with Crippen molar-refractivity contribution in [2.75, 3.05) is 0 Å². The van der Waals surface area contributed by atoms with Crippen LogP contribution in [0.15, 0.2) is 10.9 Å². The summed E-state index contributed by atoms with van der Waals surface area (Å²) in [5, 5.41) is 0. The van der Waals surface area contributed by atoms with E-state index in [2.05, 4.69) is 23.8 Å². The maximum absolute atomic E-state index is 11.7. The molecule has 0 aliphatic heterocycles. The first-order valence-corrected chi connectivity index (χ1v) is 6.74. The van der Waals surface area contributed by atoms with Crippen molar-refractivity contribution in [1.29, 1.82) is 0 Å². The average Bonchev–Trinajstić information content (AvgIpc) is 2.89. The predicted octanol–water partition coefficient (Wildman–Crippen LogP) is 2.80. The molecule has 1 aromatic heterocycles. The van der Waals surface area contributed by atoms with E-state index in [-0.39, 0.29) is 5.56 Å². The number of H-pyrrole nitrogens is 1. The van der Waals surface area contributed by atoms with Gasteiger partial charge in [0.1, 0.15) is 5.82 Å². The molecule has 3 heteroatoms. The fourth-order valence-electron chi connectivity index (χ4n) is 3.55. The summed E-state index contributed by atoms with van der Waals surface area (Å²) in [6.45, 7) is 4.18. The molecule has 0 spiro atoms. The third-order valence-electron chi connectivity index (χ3n) is 4.46. The molecular weight excluding hydrogens is 212 g/mol. The lowest BCUT2D eigenvalue weighted by Gasteiger charge is -2.21. The van der Waals surface area contributed by atoms with Crippen LogP contribution in [0.3, 0.4) is 0 Å². The number of aromatic amines is 1. The van der Waals surface area contributed by atoms with Gasteiger partial charge in [-0.3, -0.25) is 4.79 Å². The molecule has 3 unspecified atom stereocenters. The molecular formula is C14H20N2O. The average molecular weight is 232 g/mol. The SMILES string of the molecule is CC(C)c1cc(=O)[nH]c(C2CC3CCC2C3)n1. The third kappa shape index (κ3) is 1.92. The van der Waals surface area contributed by atoms with Gasteiger partial charge in [0.25, 0.3) is 5.56 Å². The van der Waals surface area contributed by atoms with Gasteiger partial charge < -0.3 is 4.98 Å². The largest absolute Gasteiger partial charge is 0.310 e. The van der Waals surface area contributed by atoms with Crippen molar-refractivity contribution >= 4 is 0 Å². The van der Waals surface area contributed by atoms with Crippen LogP contribution in [0.1, 0.15) is 62.9 Å². The molecule has 92 valence electrons. The molecule has 2 saturated carbocycles. The Labute approximate surface area is 102 Å². The Morgan fingerprint density at radius 2 is 2.18 bits per heavy atom. The molecule has 0 radical (unpaired) electrons. The van der Waals surface area contributed by atoms with Crippen LogP contribution < -0.4 is 5.56 Å². The Morgan fingerprint density at radius 1 is 1.35 bits per heavy atom. The van der Waals surface area contributed by atoms with E-state index < -0.39 is 0 Å². The fraction of sp³-hybridized carbons (Fsp3) is 0.714. The quantitative estimate of drug-likeness (QED) is 0.852. The van der Waals surface area contributed by atoms with E-state index in [1.54, 1.807) is 6.07 Å². The molecule has 1 N–H and O–H groups in total. The first-order chi connectivity index (χ1) is 8.13. The summed E-state index contributed by atoms with van der Waals surface area (Å²) in [5.74, 6) is 3.45. The van der Waals surface area contributed by atoms with Gasteiger partial charge in [-0.1, -0.05) is 20.3 Å². The van der Waals surface area contributed by atoms with Gasteiger partial charge in [0.05, 0.1) is 5.69 Å². The van der Waals surface area contributed by atoms with Gasteiger partial charge >= 0.3 is 0 Å². The standard InChI is InChI=1S/C14H20N2O/c1-8(2)12-7-13(17)16-14(15-12)11-6-9-3-4-10(11)5-9/h7-11H,3-6H2,1-2H3,(H,15,16,17). The molecule has 2 aliphatic carbocycles. The lowest BCUT2D eigenvalue weighted by molar-refractivity contribution is 0.403. The normalized spacial score (nSPS) is 31.4. The van der Waals surface area contributed by atoms with E-state index in [0.29, 0.717) is 11.8 Å². The number of fused-ring (bicyclic) bond motifs is 2. The summed E-state index contributed by atoms with van der Waals surface area (Å²) in [7, 11) is 0. The summed E-state index contributed by atoms with van der Waals surface area (Å²) < 4.78 is 0. The van der Waals surface area contributed by atoms with Crippen molar-refractivity contribution in [3.05, 3.63) is 27.9 Å². The molecule has 0 saturated heterocycles. The molecule has 0 aromatic carbocycles. The highest BCUT2D eigenvalue weighted by molar-refractivity contribution is 5.13. The summed E-state index contributed by atoms with van der Waals surface area (Å²) in [5.41, 5.74) is 0.952. The van der Waals surface area contributed by atoms with Gasteiger partial charge in [-0.15, -0.1) is 0 Å². The highest BCUT2D eigenvalue weighted by atomic mass is 16.1. The summed E-state index contributed by atoms with van der Waals surface area (Å²) in [6, 6.07) is 1.64. The number of hydrogen-bond acceptors (Lipinski definition) is 2. The number of hydrogen-bond donors (Lipinski definition) is 1. The lowest BCUT2D eigenvalue weighted by atomic mass is 9.88. The lowest BCUT2D eigenvalue weighted by Crippen LogP contribution is -2.19. The van der Waals surface area contributed by atoms with E-state index in [4.69, 9.17) is 0 Å². The second-order valence-corrected chi connectivity index (χ2v) is 5.99. The van der Waals surface area contributed by atoms with E-state index >= 15 is 0 Å². The zero-order valence-corrected chi connectivity index (χ0v) is 10.6. The molecule has 0 amide bonds. The number of aromatic nitrogens is 2. The first-order valence-electron chi connectivity index (χ1n) is 6.74. The molecule has 2 aliphatic rings. The van der Waals surface area contributed by atoms with Crippen LogP contribution in [0.4, 0.5) is 0 Å². The minimum Gasteiger partial charge on any atom is -0.310 e. The molecule has 1 aromatic rings. The first kappa shape index (κ1) is 11.0. The summed E-state index contributed by atoms with van der Waals surface area (Å²) >= 11 is 0. The molecule has 3 nitrogen and oxygen atoms in total. The molecule has 3 atom stereocenters. The molecule has 17 heavy (non-hydrogen) atoms. The monoisotopic (exact) mass is 232 g/mol. The third-order valence-corrected chi connectivity index (χ3v) is 4.46. The highest BCUT2D eigenvalue weighted by Gasteiger charge is 2.41. The van der Waals surface area contributed by atoms with E-state index in [1.165, 1.54) is 25.7 Å². The van der Waals surface area contributed by atoms with E-state index in [0.717, 1.165) is 23.4 Å². The Kier molecular flexibility index (Phi) is 2.57. The Morgan fingerprint density at radius 3 is 2.76 bits per heavy atom. The van der Waals surface area contributed by atoms with Gasteiger partial charge in [0.15, 0.2) is 0 Å². The molecule has 2 bridgehead atoms. The van der Waals surface area contributed by atoms with Gasteiger partial charge in [0, 0.05) is 12.0 Å². The van der Waals surface area contributed by atoms with Crippen LogP contribution in [0.25, 0.3) is 0 Å². The molecule has 3 rings (SSSR count). The van der Waals surface area contributed by atoms with Crippen LogP contribution in [0.5, 0.6) is 0 Å². The van der Waals surface area contributed by atoms with Crippen LogP contribution >= 0.6 is 0 Å². The maximum Gasteiger partial charge on any atom is 0.251 e. The predicted molar refractivity (Wildman–Crippen MR) is 67.1 cm³/mol. The van der Waals surface area contributed by atoms with E-state index in [1.807, 2.05) is 0 Å². The second-order valence-electron chi connectivity index (χ2n) is 5.99. The van der Waals surface area contributed by atoms with Crippen LogP contribution in [-0.4, -0.2) is 9.97 Å². The maximum atomic E-state index is 11.7. The second kappa shape index (κ2) is 3.97. The minimum absolute atomic E-state index is 0.0153. The van der Waals surface area contributed by atoms with Crippen LogP contribution in [-0.2, 0) is 0 Å². The zero-order chi connectivity index (χ0) is 12.0. The minimum atomic E-state index is 0.0153. The van der Waals surface area contributed by atoms with Gasteiger partial charge in [0.2, 0.25) is 0 Å². The fourth-order valence-corrected chi connectivity index (χ4v) is 3.55. The van der Waals surface area contributed by atoms with Crippen molar-refractivity contribution in [3.63, 3.8) is 0 Å². The van der Waals surface area contributed by atoms with Gasteiger partial charge in [-0.2, -0.15) is 0 Å². The summed E-state index contributed by atoms with van der Waals surface area (Å²) in [6.07, 6.45) is 5.29. The molecule has 2 fully saturated rings. The molecule has 1 heterocycles. The van der Waals surface area contributed by atoms with E-state index in [9.17, 15) is 4.79 Å². The van der Waals surface area contributed by atoms with Crippen LogP contribution in [0, 0.1) is 11.8 Å². The Hall–Kier alpha value is -1.12. The smallest absolute Gasteiger partial charge is 0.251 e. The topological polar surface area (TPSA) is 45.8 Å². The number of nitrogens with zero attached hydrogens (tertiary/aromatic N) is 1. The van der Waals surface area contributed by atoms with Crippen molar-refractivity contribution in [2.24, 2.45) is 11.8 Å². The van der Waals surface area contributed by atoms with Gasteiger partial charge in [-0.05, 0) is 37.0 Å². The van der Waals surface area contributed by atoms with Crippen molar-refractivity contribution in [3.8, 4) is 0 Å². The number of nitrogens with one attached hydrogen (secondary N) is 1. The number of rotatable bonds is 2. The zero-order valence-electron chi connectivity index (χ0n) is 10.6.